The minimum atomic E-state index is -0.883. The van der Waals surface area contributed by atoms with E-state index < -0.39 is 5.97 Å². The van der Waals surface area contributed by atoms with E-state index in [0.29, 0.717) is 32.0 Å². The zero-order valence-corrected chi connectivity index (χ0v) is 14.4. The van der Waals surface area contributed by atoms with E-state index in [4.69, 9.17) is 9.84 Å². The highest BCUT2D eigenvalue weighted by Gasteiger charge is 2.25. The molecule has 1 aliphatic heterocycles. The number of aliphatic carboxylic acids is 1. The fourth-order valence-corrected chi connectivity index (χ4v) is 3.28. The fraction of sp³-hybridized carbons (Fsp3) is 0.500. The average Bonchev–Trinajstić information content (AvgIpc) is 2.53. The molecular weight excluding hydrogens is 332 g/mol. The third-order valence-electron chi connectivity index (χ3n) is 3.61. The molecule has 7 nitrogen and oxygen atoms in total. The number of likely N-dealkylation sites (N-methyl/N-ethyl adjacent to an activating group) is 1. The first-order valence-corrected chi connectivity index (χ1v) is 8.64. The van der Waals surface area contributed by atoms with Crippen LogP contribution in [0.5, 0.6) is 5.75 Å². The van der Waals surface area contributed by atoms with Crippen LogP contribution >= 0.6 is 11.8 Å². The summed E-state index contributed by atoms with van der Waals surface area (Å²) in [7, 11) is 1.72. The van der Waals surface area contributed by atoms with E-state index in [9.17, 15) is 14.7 Å². The summed E-state index contributed by atoms with van der Waals surface area (Å²) < 4.78 is 5.62. The lowest BCUT2D eigenvalue weighted by atomic mass is 10.2. The van der Waals surface area contributed by atoms with Crippen molar-refractivity contribution < 1.29 is 24.5 Å². The van der Waals surface area contributed by atoms with E-state index in [1.54, 1.807) is 41.1 Å². The zero-order valence-electron chi connectivity index (χ0n) is 13.6. The van der Waals surface area contributed by atoms with Gasteiger partial charge >= 0.3 is 5.97 Å². The summed E-state index contributed by atoms with van der Waals surface area (Å²) >= 11 is 1.42. The molecule has 1 aliphatic rings. The smallest absolute Gasteiger partial charge is 0.317 e. The van der Waals surface area contributed by atoms with Gasteiger partial charge in [0.1, 0.15) is 5.75 Å². The van der Waals surface area contributed by atoms with Gasteiger partial charge in [-0.05, 0) is 31.3 Å². The molecule has 1 heterocycles. The molecule has 132 valence electrons. The Labute approximate surface area is 145 Å². The normalized spacial score (nSPS) is 17.9. The first-order chi connectivity index (χ1) is 11.4. The van der Waals surface area contributed by atoms with Crippen molar-refractivity contribution in [1.29, 1.82) is 0 Å². The van der Waals surface area contributed by atoms with Crippen LogP contribution in [-0.4, -0.2) is 83.6 Å². The first kappa shape index (κ1) is 18.6. The lowest BCUT2D eigenvalue weighted by Gasteiger charge is -2.34. The number of aromatic hydroxyl groups is 1. The van der Waals surface area contributed by atoms with Crippen molar-refractivity contribution in [3.63, 3.8) is 0 Å². The Kier molecular flexibility index (Phi) is 6.89. The standard InChI is InChI=1S/C16H22N2O5S/c1-17(10-16(21)22)8-13-9-18(6-7-23-13)15(20)11-24-14-4-2-12(19)3-5-14/h2-5,13,19H,6-11H2,1H3,(H,21,22). The van der Waals surface area contributed by atoms with Crippen LogP contribution in [0.25, 0.3) is 0 Å². The van der Waals surface area contributed by atoms with Gasteiger partial charge in [0.2, 0.25) is 5.91 Å². The summed E-state index contributed by atoms with van der Waals surface area (Å²) in [6.07, 6.45) is -0.175. The molecule has 0 aromatic heterocycles. The summed E-state index contributed by atoms with van der Waals surface area (Å²) in [6, 6.07) is 6.73. The SMILES string of the molecule is CN(CC(=O)O)CC1CN(C(=O)CSc2ccc(O)cc2)CCO1. The molecule has 0 aliphatic carbocycles. The van der Waals surface area contributed by atoms with Gasteiger partial charge in [-0.15, -0.1) is 11.8 Å². The van der Waals surface area contributed by atoms with Crippen LogP contribution in [0.2, 0.25) is 0 Å². The van der Waals surface area contributed by atoms with Crippen LogP contribution in [0.4, 0.5) is 0 Å². The minimum absolute atomic E-state index is 0.0299. The number of benzene rings is 1. The van der Waals surface area contributed by atoms with Gasteiger partial charge in [0.05, 0.1) is 25.0 Å². The molecule has 2 N–H and O–H groups in total. The van der Waals surface area contributed by atoms with E-state index in [0.717, 1.165) is 4.90 Å². The number of hydrogen-bond acceptors (Lipinski definition) is 6. The monoisotopic (exact) mass is 354 g/mol. The van der Waals surface area contributed by atoms with Gasteiger partial charge in [-0.25, -0.2) is 0 Å². The maximum atomic E-state index is 12.3. The highest BCUT2D eigenvalue weighted by Crippen LogP contribution is 2.21. The molecule has 2 rings (SSSR count). The molecule has 1 aromatic carbocycles. The molecule has 0 bridgehead atoms. The summed E-state index contributed by atoms with van der Waals surface area (Å²) in [5, 5.41) is 18.0. The molecule has 8 heteroatoms. The van der Waals surface area contributed by atoms with Crippen LogP contribution in [0, 0.1) is 0 Å². The number of thioether (sulfide) groups is 1. The third kappa shape index (κ3) is 6.03. The Balaban J connectivity index is 1.79. The van der Waals surface area contributed by atoms with Crippen LogP contribution in [0.1, 0.15) is 0 Å². The van der Waals surface area contributed by atoms with Crippen LogP contribution < -0.4 is 0 Å². The van der Waals surface area contributed by atoms with Gasteiger partial charge in [0.15, 0.2) is 0 Å². The quantitative estimate of drug-likeness (QED) is 0.698. The lowest BCUT2D eigenvalue weighted by molar-refractivity contribution is -0.141. The third-order valence-corrected chi connectivity index (χ3v) is 4.61. The Morgan fingerprint density at radius 1 is 1.38 bits per heavy atom. The Morgan fingerprint density at radius 2 is 2.08 bits per heavy atom. The number of hydrogen-bond donors (Lipinski definition) is 2. The molecular formula is C16H22N2O5S. The molecule has 1 unspecified atom stereocenters. The highest BCUT2D eigenvalue weighted by atomic mass is 32.2. The number of carbonyl (C=O) groups is 2. The van der Waals surface area contributed by atoms with E-state index >= 15 is 0 Å². The fourth-order valence-electron chi connectivity index (χ4n) is 2.48. The molecule has 1 saturated heterocycles. The number of phenolic OH excluding ortho intramolecular Hbond substituents is 1. The molecule has 24 heavy (non-hydrogen) atoms. The largest absolute Gasteiger partial charge is 0.508 e. The van der Waals surface area contributed by atoms with Crippen molar-refractivity contribution >= 4 is 23.6 Å². The van der Waals surface area contributed by atoms with Gasteiger partial charge in [-0.1, -0.05) is 0 Å². The van der Waals surface area contributed by atoms with Crippen molar-refractivity contribution in [1.82, 2.24) is 9.80 Å². The number of carboxylic acid groups (broad SMARTS) is 1. The number of ether oxygens (including phenoxy) is 1. The lowest BCUT2D eigenvalue weighted by Crippen LogP contribution is -2.50. The van der Waals surface area contributed by atoms with Crippen LogP contribution in [-0.2, 0) is 14.3 Å². The molecule has 1 amide bonds. The molecule has 0 spiro atoms. The number of carbonyl (C=O) groups excluding carboxylic acids is 1. The van der Waals surface area contributed by atoms with E-state index in [2.05, 4.69) is 0 Å². The van der Waals surface area contributed by atoms with Crippen LogP contribution in [0.15, 0.2) is 29.2 Å². The summed E-state index contributed by atoms with van der Waals surface area (Å²) in [6.45, 7) is 1.90. The molecule has 1 atom stereocenters. The molecule has 0 radical (unpaired) electrons. The van der Waals surface area contributed by atoms with Crippen LogP contribution in [0.3, 0.4) is 0 Å². The Bertz CT molecular complexity index is 566. The number of morpholine rings is 1. The number of rotatable bonds is 7. The number of nitrogens with zero attached hydrogens (tertiary/aromatic N) is 2. The average molecular weight is 354 g/mol. The highest BCUT2D eigenvalue weighted by molar-refractivity contribution is 8.00. The number of amides is 1. The second kappa shape index (κ2) is 8.91. The predicted octanol–water partition coefficient (Wildman–Crippen LogP) is 0.728. The minimum Gasteiger partial charge on any atom is -0.508 e. The topological polar surface area (TPSA) is 90.3 Å². The van der Waals surface area contributed by atoms with E-state index in [1.165, 1.54) is 11.8 Å². The van der Waals surface area contributed by atoms with E-state index in [1.807, 2.05) is 0 Å². The molecule has 0 saturated carbocycles. The van der Waals surface area contributed by atoms with Crippen molar-refractivity contribution in [2.75, 3.05) is 45.6 Å². The van der Waals surface area contributed by atoms with Crippen molar-refractivity contribution in [3.05, 3.63) is 24.3 Å². The molecule has 1 fully saturated rings. The Morgan fingerprint density at radius 3 is 2.75 bits per heavy atom. The van der Waals surface area contributed by atoms with Crippen molar-refractivity contribution in [3.8, 4) is 5.75 Å². The van der Waals surface area contributed by atoms with Gasteiger partial charge in [0, 0.05) is 24.5 Å². The summed E-state index contributed by atoms with van der Waals surface area (Å²) in [5.41, 5.74) is 0. The maximum absolute atomic E-state index is 12.3. The maximum Gasteiger partial charge on any atom is 0.317 e. The van der Waals surface area contributed by atoms with E-state index in [-0.39, 0.29) is 24.3 Å². The predicted molar refractivity (Wildman–Crippen MR) is 90.3 cm³/mol. The van der Waals surface area contributed by atoms with Gasteiger partial charge in [0.25, 0.3) is 0 Å². The second-order valence-electron chi connectivity index (χ2n) is 5.71. The number of carboxylic acids is 1. The van der Waals surface area contributed by atoms with Crippen molar-refractivity contribution in [2.24, 2.45) is 0 Å². The number of phenols is 1. The van der Waals surface area contributed by atoms with Crippen molar-refractivity contribution in [2.45, 2.75) is 11.0 Å². The first-order valence-electron chi connectivity index (χ1n) is 7.65. The second-order valence-corrected chi connectivity index (χ2v) is 6.75. The zero-order chi connectivity index (χ0) is 17.5. The van der Waals surface area contributed by atoms with Gasteiger partial charge < -0.3 is 19.8 Å². The Hall–Kier alpha value is -1.77. The molecule has 1 aromatic rings. The summed E-state index contributed by atoms with van der Waals surface area (Å²) in [5.74, 6) is -0.330. The summed E-state index contributed by atoms with van der Waals surface area (Å²) in [4.78, 5) is 27.4. The van der Waals surface area contributed by atoms with Gasteiger partial charge in [-0.2, -0.15) is 0 Å². The van der Waals surface area contributed by atoms with Gasteiger partial charge in [-0.3, -0.25) is 14.5 Å².